The molecule has 0 saturated heterocycles. The maximum absolute atomic E-state index is 12.8. The highest BCUT2D eigenvalue weighted by atomic mass is 16.2. The monoisotopic (exact) mass is 404 g/mol. The Hall–Kier alpha value is -3.68. The van der Waals surface area contributed by atoms with Crippen LogP contribution in [0.2, 0.25) is 0 Å². The zero-order chi connectivity index (χ0) is 21.4. The molecule has 0 saturated carbocycles. The fourth-order valence-corrected chi connectivity index (χ4v) is 3.55. The van der Waals surface area contributed by atoms with E-state index in [-0.39, 0.29) is 23.5 Å². The Morgan fingerprint density at radius 3 is 2.57 bits per heavy atom. The molecule has 2 heterocycles. The van der Waals surface area contributed by atoms with Crippen LogP contribution < -0.4 is 11.0 Å². The van der Waals surface area contributed by atoms with Crippen molar-refractivity contribution < 1.29 is 4.79 Å². The number of carbonyl (C=O) groups excluding carboxylic acids is 1. The number of imidazole rings is 1. The Labute approximate surface area is 173 Å². The number of H-pyrrole nitrogens is 2. The molecular weight excluding hydrogens is 380 g/mol. The highest BCUT2D eigenvalue weighted by molar-refractivity contribution is 5.90. The Morgan fingerprint density at radius 2 is 1.80 bits per heavy atom. The van der Waals surface area contributed by atoms with Crippen molar-refractivity contribution in [3.63, 3.8) is 0 Å². The highest BCUT2D eigenvalue weighted by Crippen LogP contribution is 2.23. The van der Waals surface area contributed by atoms with Gasteiger partial charge in [-0.1, -0.05) is 38.1 Å². The summed E-state index contributed by atoms with van der Waals surface area (Å²) in [6.45, 7) is 7.95. The summed E-state index contributed by atoms with van der Waals surface area (Å²) in [6, 6.07) is 13.2. The van der Waals surface area contributed by atoms with E-state index in [1.54, 1.807) is 4.68 Å². The average molecular weight is 404 g/mol. The third kappa shape index (κ3) is 3.63. The van der Waals surface area contributed by atoms with Crippen LogP contribution in [0.25, 0.3) is 16.7 Å². The van der Waals surface area contributed by atoms with E-state index in [1.807, 2.05) is 50.2 Å². The van der Waals surface area contributed by atoms with Gasteiger partial charge >= 0.3 is 5.69 Å². The molecule has 0 aliphatic rings. The van der Waals surface area contributed by atoms with Gasteiger partial charge in [-0.25, -0.2) is 14.5 Å². The van der Waals surface area contributed by atoms with E-state index >= 15 is 0 Å². The number of hydrogen-bond donors (Lipinski definition) is 3. The number of rotatable bonds is 5. The molecule has 0 aliphatic heterocycles. The molecule has 0 fully saturated rings. The third-order valence-corrected chi connectivity index (χ3v) is 5.15. The lowest BCUT2D eigenvalue weighted by molar-refractivity contribution is 0.0929. The summed E-state index contributed by atoms with van der Waals surface area (Å²) in [5, 5.41) is 7.40. The van der Waals surface area contributed by atoms with Crippen LogP contribution in [0.1, 0.15) is 60.3 Å². The smallest absolute Gasteiger partial charge is 0.323 e. The molecule has 1 atom stereocenters. The first-order chi connectivity index (χ1) is 14.3. The van der Waals surface area contributed by atoms with Crippen LogP contribution >= 0.6 is 0 Å². The Balaban J connectivity index is 1.58. The molecule has 30 heavy (non-hydrogen) atoms. The van der Waals surface area contributed by atoms with Crippen molar-refractivity contribution in [3.05, 3.63) is 75.7 Å². The Morgan fingerprint density at radius 1 is 1.07 bits per heavy atom. The van der Waals surface area contributed by atoms with E-state index in [0.29, 0.717) is 17.3 Å². The maximum atomic E-state index is 12.8. The first kappa shape index (κ1) is 19.6. The number of carbonyl (C=O) groups is 1. The molecule has 8 heteroatoms. The number of amides is 1. The largest absolute Gasteiger partial charge is 0.343 e. The van der Waals surface area contributed by atoms with Crippen molar-refractivity contribution in [2.75, 3.05) is 0 Å². The normalized spacial score (nSPS) is 12.4. The number of aromatic amines is 2. The first-order valence-corrected chi connectivity index (χ1v) is 9.89. The molecule has 2 aromatic carbocycles. The van der Waals surface area contributed by atoms with E-state index in [2.05, 4.69) is 45.3 Å². The second-order valence-corrected chi connectivity index (χ2v) is 7.69. The quantitative estimate of drug-likeness (QED) is 0.474. The van der Waals surface area contributed by atoms with Gasteiger partial charge in [0.1, 0.15) is 5.82 Å². The lowest BCUT2D eigenvalue weighted by Gasteiger charge is -2.13. The molecule has 0 bridgehead atoms. The molecule has 4 rings (SSSR count). The summed E-state index contributed by atoms with van der Waals surface area (Å²) in [4.78, 5) is 34.1. The molecule has 8 nitrogen and oxygen atoms in total. The van der Waals surface area contributed by atoms with Crippen molar-refractivity contribution in [2.45, 2.75) is 39.7 Å². The van der Waals surface area contributed by atoms with Gasteiger partial charge < -0.3 is 15.3 Å². The SMILES string of the molecule is Cc1nc(C(=O)NC(C)c2ccc3[nH]c(=O)[nH]c3c2)nn1-c1ccccc1C(C)C. The Kier molecular flexibility index (Phi) is 4.99. The number of aromatic nitrogens is 5. The van der Waals surface area contributed by atoms with Gasteiger partial charge in [-0.2, -0.15) is 0 Å². The average Bonchev–Trinajstić information content (AvgIpc) is 3.28. The fraction of sp³-hybridized carbons (Fsp3) is 0.273. The number of para-hydroxylation sites is 1. The summed E-state index contributed by atoms with van der Waals surface area (Å²) in [7, 11) is 0. The summed E-state index contributed by atoms with van der Waals surface area (Å²) in [5.74, 6) is 0.729. The van der Waals surface area contributed by atoms with Gasteiger partial charge in [-0.3, -0.25) is 4.79 Å². The number of fused-ring (bicyclic) bond motifs is 1. The second kappa shape index (κ2) is 7.62. The van der Waals surface area contributed by atoms with E-state index in [0.717, 1.165) is 22.3 Å². The predicted octanol–water partition coefficient (Wildman–Crippen LogP) is 3.36. The van der Waals surface area contributed by atoms with E-state index < -0.39 is 0 Å². The predicted molar refractivity (Wildman–Crippen MR) is 115 cm³/mol. The minimum Gasteiger partial charge on any atom is -0.343 e. The van der Waals surface area contributed by atoms with Gasteiger partial charge in [0.15, 0.2) is 0 Å². The van der Waals surface area contributed by atoms with Crippen molar-refractivity contribution >= 4 is 16.9 Å². The standard InChI is InChI=1S/C22H24N6O2/c1-12(2)16-7-5-6-8-19(16)28-14(4)24-20(27-28)21(29)23-13(3)15-9-10-17-18(11-15)26-22(30)25-17/h5-13H,1-4H3,(H,23,29)(H2,25,26,30). The van der Waals surface area contributed by atoms with Gasteiger partial charge in [-0.05, 0) is 49.1 Å². The van der Waals surface area contributed by atoms with E-state index in [9.17, 15) is 9.59 Å². The van der Waals surface area contributed by atoms with Crippen LogP contribution in [0.4, 0.5) is 0 Å². The van der Waals surface area contributed by atoms with Crippen molar-refractivity contribution in [1.82, 2.24) is 30.0 Å². The van der Waals surface area contributed by atoms with E-state index in [1.165, 1.54) is 0 Å². The lowest BCUT2D eigenvalue weighted by Crippen LogP contribution is -2.27. The van der Waals surface area contributed by atoms with Crippen molar-refractivity contribution in [1.29, 1.82) is 0 Å². The van der Waals surface area contributed by atoms with Gasteiger partial charge in [0.2, 0.25) is 5.82 Å². The number of nitrogens with zero attached hydrogens (tertiary/aromatic N) is 3. The van der Waals surface area contributed by atoms with Gasteiger partial charge in [0.05, 0.1) is 22.8 Å². The molecule has 4 aromatic rings. The second-order valence-electron chi connectivity index (χ2n) is 7.69. The zero-order valence-electron chi connectivity index (χ0n) is 17.4. The van der Waals surface area contributed by atoms with Crippen molar-refractivity contribution in [3.8, 4) is 5.69 Å². The summed E-state index contributed by atoms with van der Waals surface area (Å²) >= 11 is 0. The van der Waals surface area contributed by atoms with Gasteiger partial charge in [-0.15, -0.1) is 5.10 Å². The third-order valence-electron chi connectivity index (χ3n) is 5.15. The molecule has 2 aromatic heterocycles. The molecule has 0 aliphatic carbocycles. The first-order valence-electron chi connectivity index (χ1n) is 9.89. The van der Waals surface area contributed by atoms with Crippen LogP contribution in [0.3, 0.4) is 0 Å². The minimum atomic E-state index is -0.353. The number of hydrogen-bond acceptors (Lipinski definition) is 4. The van der Waals surface area contributed by atoms with Crippen LogP contribution in [-0.4, -0.2) is 30.6 Å². The van der Waals surface area contributed by atoms with Gasteiger partial charge in [0.25, 0.3) is 5.91 Å². The van der Waals surface area contributed by atoms with Crippen molar-refractivity contribution in [2.24, 2.45) is 0 Å². The zero-order valence-corrected chi connectivity index (χ0v) is 17.4. The molecule has 3 N–H and O–H groups in total. The lowest BCUT2D eigenvalue weighted by atomic mass is 10.0. The van der Waals surface area contributed by atoms with Crippen LogP contribution in [-0.2, 0) is 0 Å². The van der Waals surface area contributed by atoms with Crippen LogP contribution in [0.5, 0.6) is 0 Å². The topological polar surface area (TPSA) is 108 Å². The summed E-state index contributed by atoms with van der Waals surface area (Å²) in [6.07, 6.45) is 0. The van der Waals surface area contributed by atoms with Crippen LogP contribution in [0.15, 0.2) is 47.3 Å². The minimum absolute atomic E-state index is 0.119. The molecule has 1 unspecified atom stereocenters. The number of benzene rings is 2. The Bertz CT molecular complexity index is 1280. The summed E-state index contributed by atoms with van der Waals surface area (Å²) in [5.41, 5.74) is 4.09. The number of aryl methyl sites for hydroxylation is 1. The molecule has 1 amide bonds. The number of nitrogens with one attached hydrogen (secondary N) is 3. The van der Waals surface area contributed by atoms with Crippen LogP contribution in [0, 0.1) is 6.92 Å². The molecule has 0 radical (unpaired) electrons. The maximum Gasteiger partial charge on any atom is 0.323 e. The molecule has 154 valence electrons. The summed E-state index contributed by atoms with van der Waals surface area (Å²) < 4.78 is 1.71. The van der Waals surface area contributed by atoms with Gasteiger partial charge in [0, 0.05) is 0 Å². The molecule has 0 spiro atoms. The highest BCUT2D eigenvalue weighted by Gasteiger charge is 2.19. The van der Waals surface area contributed by atoms with E-state index in [4.69, 9.17) is 0 Å². The fourth-order valence-electron chi connectivity index (χ4n) is 3.55. The molecular formula is C22H24N6O2.